The van der Waals surface area contributed by atoms with Gasteiger partial charge >= 0.3 is 11.9 Å². The smallest absolute Gasteiger partial charge is 0.355 e. The number of ether oxygens (including phenoxy) is 3. The molecule has 0 radical (unpaired) electrons. The van der Waals surface area contributed by atoms with Crippen LogP contribution >= 0.6 is 0 Å². The summed E-state index contributed by atoms with van der Waals surface area (Å²) in [6.07, 6.45) is 6.46. The lowest BCUT2D eigenvalue weighted by Crippen LogP contribution is -2.41. The molecule has 2 aliphatic rings. The monoisotopic (exact) mass is 427 g/mol. The molecule has 2 heterocycles. The third-order valence-corrected chi connectivity index (χ3v) is 4.79. The summed E-state index contributed by atoms with van der Waals surface area (Å²) in [5.74, 6) is -1.45. The third kappa shape index (κ3) is 5.59. The summed E-state index contributed by atoms with van der Waals surface area (Å²) in [5, 5.41) is 2.86. The molecule has 0 aromatic heterocycles. The highest BCUT2D eigenvalue weighted by atomic mass is 16.5. The quantitative estimate of drug-likeness (QED) is 0.682. The second-order valence-electron chi connectivity index (χ2n) is 6.80. The molecule has 31 heavy (non-hydrogen) atoms. The van der Waals surface area contributed by atoms with Gasteiger partial charge in [0, 0.05) is 30.7 Å². The minimum absolute atomic E-state index is 0.0310. The molecule has 0 unspecified atom stereocenters. The largest absolute Gasteiger partial charge is 0.465 e. The van der Waals surface area contributed by atoms with Crippen molar-refractivity contribution in [3.8, 4) is 0 Å². The number of rotatable bonds is 6. The van der Waals surface area contributed by atoms with E-state index in [4.69, 9.17) is 14.2 Å². The number of morpholine rings is 1. The zero-order valence-corrected chi connectivity index (χ0v) is 17.5. The minimum Gasteiger partial charge on any atom is -0.465 e. The summed E-state index contributed by atoms with van der Waals surface area (Å²) in [5.41, 5.74) is 1.33. The SMILES string of the molecule is COC(=O)C1=C(C(=O)OC)N(c2ccc(NC(=O)CN3CCOCC3)cc2)C=CC=C1. The van der Waals surface area contributed by atoms with Crippen molar-refractivity contribution in [2.75, 3.05) is 57.3 Å². The standard InChI is InChI=1S/C22H25N3O6/c1-29-21(27)18-5-3-4-10-25(20(18)22(28)30-2)17-8-6-16(7-9-17)23-19(26)15-24-11-13-31-14-12-24/h3-10H,11-15H2,1-2H3,(H,23,26). The predicted molar refractivity (Wildman–Crippen MR) is 114 cm³/mol. The van der Waals surface area contributed by atoms with Crippen LogP contribution in [-0.2, 0) is 28.6 Å². The van der Waals surface area contributed by atoms with Crippen LogP contribution in [0.2, 0.25) is 0 Å². The minimum atomic E-state index is -0.681. The lowest BCUT2D eigenvalue weighted by atomic mass is 10.1. The van der Waals surface area contributed by atoms with Crippen LogP contribution in [0, 0.1) is 0 Å². The second-order valence-corrected chi connectivity index (χ2v) is 6.80. The van der Waals surface area contributed by atoms with Crippen LogP contribution in [-0.4, -0.2) is 69.8 Å². The summed E-state index contributed by atoms with van der Waals surface area (Å²) in [7, 11) is 2.49. The van der Waals surface area contributed by atoms with Gasteiger partial charge in [-0.05, 0) is 36.4 Å². The average Bonchev–Trinajstić information content (AvgIpc) is 3.02. The fourth-order valence-corrected chi connectivity index (χ4v) is 3.23. The maximum Gasteiger partial charge on any atom is 0.355 e. The van der Waals surface area contributed by atoms with Gasteiger partial charge in [0.05, 0.1) is 39.6 Å². The van der Waals surface area contributed by atoms with E-state index in [1.165, 1.54) is 25.2 Å². The molecule has 1 aromatic rings. The summed E-state index contributed by atoms with van der Waals surface area (Å²) < 4.78 is 15.0. The first-order chi connectivity index (χ1) is 15.0. The molecular weight excluding hydrogens is 402 g/mol. The Morgan fingerprint density at radius 1 is 1.00 bits per heavy atom. The first kappa shape index (κ1) is 22.3. The van der Waals surface area contributed by atoms with Gasteiger partial charge in [0.15, 0.2) is 0 Å². The van der Waals surface area contributed by atoms with Crippen LogP contribution in [0.1, 0.15) is 0 Å². The maximum absolute atomic E-state index is 12.5. The molecule has 9 nitrogen and oxygen atoms in total. The van der Waals surface area contributed by atoms with Gasteiger partial charge < -0.3 is 24.4 Å². The molecule has 1 aromatic carbocycles. The Morgan fingerprint density at radius 2 is 1.68 bits per heavy atom. The Hall–Kier alpha value is -3.43. The van der Waals surface area contributed by atoms with Crippen LogP contribution in [0.25, 0.3) is 0 Å². The van der Waals surface area contributed by atoms with E-state index in [-0.39, 0.29) is 17.2 Å². The van der Waals surface area contributed by atoms with Gasteiger partial charge in [-0.1, -0.05) is 6.08 Å². The highest BCUT2D eigenvalue weighted by molar-refractivity contribution is 6.05. The first-order valence-electron chi connectivity index (χ1n) is 9.78. The number of hydrogen-bond donors (Lipinski definition) is 1. The molecule has 3 rings (SSSR count). The average molecular weight is 427 g/mol. The van der Waals surface area contributed by atoms with E-state index < -0.39 is 11.9 Å². The zero-order chi connectivity index (χ0) is 22.2. The summed E-state index contributed by atoms with van der Waals surface area (Å²) in [4.78, 5) is 40.6. The van der Waals surface area contributed by atoms with Crippen molar-refractivity contribution >= 4 is 29.2 Å². The van der Waals surface area contributed by atoms with E-state index in [1.807, 2.05) is 4.90 Å². The van der Waals surface area contributed by atoms with Gasteiger partial charge in [0.2, 0.25) is 5.91 Å². The highest BCUT2D eigenvalue weighted by Crippen LogP contribution is 2.27. The van der Waals surface area contributed by atoms with E-state index in [9.17, 15) is 14.4 Å². The molecular formula is C22H25N3O6. The Balaban J connectivity index is 1.78. The Morgan fingerprint density at radius 3 is 2.32 bits per heavy atom. The molecule has 0 aliphatic carbocycles. The molecule has 1 amide bonds. The fraction of sp³-hybridized carbons (Fsp3) is 0.318. The molecule has 0 atom stereocenters. The van der Waals surface area contributed by atoms with Gasteiger partial charge in [-0.15, -0.1) is 0 Å². The molecule has 2 aliphatic heterocycles. The summed E-state index contributed by atoms with van der Waals surface area (Å²) in [6.45, 7) is 3.01. The molecule has 9 heteroatoms. The van der Waals surface area contributed by atoms with Crippen LogP contribution in [0.5, 0.6) is 0 Å². The third-order valence-electron chi connectivity index (χ3n) is 4.79. The lowest BCUT2D eigenvalue weighted by molar-refractivity contribution is -0.139. The number of carbonyl (C=O) groups excluding carboxylic acids is 3. The molecule has 164 valence electrons. The normalized spacial score (nSPS) is 16.6. The Kier molecular flexibility index (Phi) is 7.58. The number of allylic oxidation sites excluding steroid dienone is 2. The molecule has 0 saturated carbocycles. The number of nitrogens with one attached hydrogen (secondary N) is 1. The van der Waals surface area contributed by atoms with E-state index >= 15 is 0 Å². The van der Waals surface area contributed by atoms with Gasteiger partial charge in [0.25, 0.3) is 0 Å². The number of benzene rings is 1. The molecule has 1 fully saturated rings. The van der Waals surface area contributed by atoms with E-state index in [0.29, 0.717) is 31.1 Å². The molecule has 1 N–H and O–H groups in total. The number of hydrogen-bond acceptors (Lipinski definition) is 8. The van der Waals surface area contributed by atoms with Crippen LogP contribution in [0.3, 0.4) is 0 Å². The Labute approximate surface area is 180 Å². The number of nitrogens with zero attached hydrogens (tertiary/aromatic N) is 2. The fourth-order valence-electron chi connectivity index (χ4n) is 3.23. The van der Waals surface area contributed by atoms with Crippen LogP contribution < -0.4 is 10.2 Å². The van der Waals surface area contributed by atoms with Gasteiger partial charge in [-0.25, -0.2) is 9.59 Å². The van der Waals surface area contributed by atoms with Crippen molar-refractivity contribution in [1.82, 2.24) is 4.90 Å². The van der Waals surface area contributed by atoms with Crippen molar-refractivity contribution in [3.63, 3.8) is 0 Å². The molecule has 0 bridgehead atoms. The van der Waals surface area contributed by atoms with Crippen molar-refractivity contribution in [2.24, 2.45) is 0 Å². The summed E-state index contributed by atoms with van der Waals surface area (Å²) >= 11 is 0. The number of amides is 1. The summed E-state index contributed by atoms with van der Waals surface area (Å²) in [6, 6.07) is 6.92. The van der Waals surface area contributed by atoms with E-state index in [2.05, 4.69) is 5.32 Å². The lowest BCUT2D eigenvalue weighted by Gasteiger charge is -2.26. The number of methoxy groups -OCH3 is 2. The van der Waals surface area contributed by atoms with Gasteiger partial charge in [-0.2, -0.15) is 0 Å². The Bertz CT molecular complexity index is 914. The first-order valence-corrected chi connectivity index (χ1v) is 9.78. The zero-order valence-electron chi connectivity index (χ0n) is 17.5. The van der Waals surface area contributed by atoms with Crippen molar-refractivity contribution < 1.29 is 28.6 Å². The van der Waals surface area contributed by atoms with Crippen LogP contribution in [0.15, 0.2) is 60.0 Å². The van der Waals surface area contributed by atoms with Gasteiger partial charge in [0.1, 0.15) is 5.70 Å². The maximum atomic E-state index is 12.5. The van der Waals surface area contributed by atoms with E-state index in [0.717, 1.165) is 13.1 Å². The van der Waals surface area contributed by atoms with Crippen molar-refractivity contribution in [3.05, 3.63) is 60.0 Å². The number of anilines is 2. The highest BCUT2D eigenvalue weighted by Gasteiger charge is 2.27. The molecule has 1 saturated heterocycles. The number of carbonyl (C=O) groups is 3. The van der Waals surface area contributed by atoms with Crippen molar-refractivity contribution in [2.45, 2.75) is 0 Å². The van der Waals surface area contributed by atoms with Crippen molar-refractivity contribution in [1.29, 1.82) is 0 Å². The van der Waals surface area contributed by atoms with Gasteiger partial charge in [-0.3, -0.25) is 9.69 Å². The second kappa shape index (κ2) is 10.6. The topological polar surface area (TPSA) is 97.4 Å². The van der Waals surface area contributed by atoms with Crippen LogP contribution in [0.4, 0.5) is 11.4 Å². The number of esters is 2. The predicted octanol–water partition coefficient (Wildman–Crippen LogP) is 1.45. The molecule has 0 spiro atoms. The van der Waals surface area contributed by atoms with E-state index in [1.54, 1.807) is 42.6 Å².